The molecule has 1 N–H and O–H groups in total. The average molecular weight is 305 g/mol. The highest BCUT2D eigenvalue weighted by atomic mass is 16.5. The van der Waals surface area contributed by atoms with Crippen molar-refractivity contribution in [3.05, 3.63) is 59.7 Å². The van der Waals surface area contributed by atoms with Gasteiger partial charge in [-0.25, -0.2) is 4.68 Å². The van der Waals surface area contributed by atoms with E-state index in [0.717, 1.165) is 41.5 Å². The van der Waals surface area contributed by atoms with E-state index in [1.807, 2.05) is 16.8 Å². The van der Waals surface area contributed by atoms with Gasteiger partial charge in [-0.05, 0) is 55.3 Å². The van der Waals surface area contributed by atoms with Gasteiger partial charge < -0.3 is 10.1 Å². The standard InChI is InChI=1S/C19H19N3O/c1-13-4-3-5-15(12-13)22-19-17(10-11-20-19)18(21-22)14-6-8-16(23-2)9-7-14/h3-9,12,20H,10-11H2,1-2H3. The Hall–Kier alpha value is -2.75. The van der Waals surface area contributed by atoms with Gasteiger partial charge in [0.25, 0.3) is 0 Å². The highest BCUT2D eigenvalue weighted by molar-refractivity contribution is 5.73. The molecule has 0 atom stereocenters. The fraction of sp³-hybridized carbons (Fsp3) is 0.211. The highest BCUT2D eigenvalue weighted by Crippen LogP contribution is 2.35. The number of fused-ring (bicyclic) bond motifs is 1. The Morgan fingerprint density at radius 2 is 1.96 bits per heavy atom. The Kier molecular flexibility index (Phi) is 3.30. The van der Waals surface area contributed by atoms with E-state index in [2.05, 4.69) is 48.6 Å². The molecule has 4 rings (SSSR count). The smallest absolute Gasteiger partial charge is 0.133 e. The van der Waals surface area contributed by atoms with E-state index >= 15 is 0 Å². The number of rotatable bonds is 3. The first-order valence-electron chi connectivity index (χ1n) is 7.83. The summed E-state index contributed by atoms with van der Waals surface area (Å²) in [6, 6.07) is 16.5. The Bertz CT molecular complexity index is 850. The number of nitrogens with one attached hydrogen (secondary N) is 1. The maximum Gasteiger partial charge on any atom is 0.133 e. The van der Waals surface area contributed by atoms with Gasteiger partial charge in [-0.1, -0.05) is 12.1 Å². The number of hydrogen-bond donors (Lipinski definition) is 1. The summed E-state index contributed by atoms with van der Waals surface area (Å²) in [5, 5.41) is 8.36. The Balaban J connectivity index is 1.84. The molecular formula is C19H19N3O. The number of anilines is 1. The zero-order chi connectivity index (χ0) is 15.8. The van der Waals surface area contributed by atoms with Crippen molar-refractivity contribution >= 4 is 5.82 Å². The van der Waals surface area contributed by atoms with Gasteiger partial charge in [0.1, 0.15) is 11.6 Å². The summed E-state index contributed by atoms with van der Waals surface area (Å²) in [4.78, 5) is 0. The molecule has 0 spiro atoms. The fourth-order valence-electron chi connectivity index (χ4n) is 3.10. The zero-order valence-corrected chi connectivity index (χ0v) is 13.3. The first kappa shape index (κ1) is 13.9. The number of ether oxygens (including phenoxy) is 1. The van der Waals surface area contributed by atoms with Gasteiger partial charge in [-0.2, -0.15) is 5.10 Å². The van der Waals surface area contributed by atoms with E-state index < -0.39 is 0 Å². The summed E-state index contributed by atoms with van der Waals surface area (Å²) in [7, 11) is 1.68. The van der Waals surface area contributed by atoms with Crippen LogP contribution in [0.4, 0.5) is 5.82 Å². The van der Waals surface area contributed by atoms with Crippen molar-refractivity contribution in [1.82, 2.24) is 9.78 Å². The summed E-state index contributed by atoms with van der Waals surface area (Å²) in [6.07, 6.45) is 1.00. The molecule has 0 bridgehead atoms. The van der Waals surface area contributed by atoms with Crippen LogP contribution < -0.4 is 10.1 Å². The number of aromatic nitrogens is 2. The second-order valence-electron chi connectivity index (χ2n) is 5.83. The molecule has 116 valence electrons. The second kappa shape index (κ2) is 5.47. The van der Waals surface area contributed by atoms with Crippen LogP contribution >= 0.6 is 0 Å². The molecule has 1 aromatic heterocycles. The summed E-state index contributed by atoms with van der Waals surface area (Å²) in [5.74, 6) is 1.98. The molecule has 4 heteroatoms. The predicted octanol–water partition coefficient (Wildman–Crippen LogP) is 3.82. The molecule has 0 aliphatic carbocycles. The number of nitrogens with zero attached hydrogens (tertiary/aromatic N) is 2. The van der Waals surface area contributed by atoms with Gasteiger partial charge in [0.2, 0.25) is 0 Å². The van der Waals surface area contributed by atoms with E-state index in [1.54, 1.807) is 7.11 Å². The van der Waals surface area contributed by atoms with Crippen molar-refractivity contribution < 1.29 is 4.74 Å². The quantitative estimate of drug-likeness (QED) is 0.799. The Labute approximate surface area is 135 Å². The Morgan fingerprint density at radius 3 is 2.70 bits per heavy atom. The van der Waals surface area contributed by atoms with Gasteiger partial charge in [-0.3, -0.25) is 0 Å². The average Bonchev–Trinajstić information content (AvgIpc) is 3.17. The monoisotopic (exact) mass is 305 g/mol. The van der Waals surface area contributed by atoms with Gasteiger partial charge in [0.05, 0.1) is 18.5 Å². The maximum atomic E-state index is 5.25. The molecule has 0 saturated carbocycles. The van der Waals surface area contributed by atoms with Crippen LogP contribution in [-0.4, -0.2) is 23.4 Å². The molecule has 3 aromatic rings. The molecule has 0 amide bonds. The molecule has 0 radical (unpaired) electrons. The van der Waals surface area contributed by atoms with Crippen LogP contribution in [0.5, 0.6) is 5.75 Å². The number of benzene rings is 2. The van der Waals surface area contributed by atoms with Gasteiger partial charge in [0.15, 0.2) is 0 Å². The number of aryl methyl sites for hydroxylation is 1. The minimum atomic E-state index is 0.863. The minimum Gasteiger partial charge on any atom is -0.497 e. The first-order chi connectivity index (χ1) is 11.3. The van der Waals surface area contributed by atoms with Crippen LogP contribution in [0.3, 0.4) is 0 Å². The minimum absolute atomic E-state index is 0.863. The molecule has 2 aromatic carbocycles. The lowest BCUT2D eigenvalue weighted by Gasteiger charge is -2.07. The lowest BCUT2D eigenvalue weighted by Crippen LogP contribution is -2.04. The van der Waals surface area contributed by atoms with E-state index in [0.29, 0.717) is 0 Å². The lowest BCUT2D eigenvalue weighted by atomic mass is 10.1. The molecule has 23 heavy (non-hydrogen) atoms. The number of hydrogen-bond acceptors (Lipinski definition) is 3. The molecule has 0 unspecified atom stereocenters. The molecule has 1 aliphatic heterocycles. The van der Waals surface area contributed by atoms with Crippen molar-refractivity contribution in [1.29, 1.82) is 0 Å². The largest absolute Gasteiger partial charge is 0.497 e. The summed E-state index contributed by atoms with van der Waals surface area (Å²) < 4.78 is 7.27. The lowest BCUT2D eigenvalue weighted by molar-refractivity contribution is 0.415. The first-order valence-corrected chi connectivity index (χ1v) is 7.83. The zero-order valence-electron chi connectivity index (χ0n) is 13.3. The van der Waals surface area contributed by atoms with Crippen LogP contribution in [0, 0.1) is 6.92 Å². The third kappa shape index (κ3) is 2.36. The van der Waals surface area contributed by atoms with E-state index in [9.17, 15) is 0 Å². The second-order valence-corrected chi connectivity index (χ2v) is 5.83. The fourth-order valence-corrected chi connectivity index (χ4v) is 3.10. The molecular weight excluding hydrogens is 286 g/mol. The van der Waals surface area contributed by atoms with Gasteiger partial charge in [-0.15, -0.1) is 0 Å². The van der Waals surface area contributed by atoms with Crippen LogP contribution in [0.25, 0.3) is 16.9 Å². The summed E-state index contributed by atoms with van der Waals surface area (Å²) >= 11 is 0. The molecule has 0 saturated heterocycles. The van der Waals surface area contributed by atoms with E-state index in [-0.39, 0.29) is 0 Å². The van der Waals surface area contributed by atoms with Gasteiger partial charge >= 0.3 is 0 Å². The van der Waals surface area contributed by atoms with Crippen molar-refractivity contribution in [3.8, 4) is 22.7 Å². The maximum absolute atomic E-state index is 5.25. The van der Waals surface area contributed by atoms with Gasteiger partial charge in [0, 0.05) is 17.7 Å². The van der Waals surface area contributed by atoms with Crippen molar-refractivity contribution in [3.63, 3.8) is 0 Å². The molecule has 0 fully saturated rings. The van der Waals surface area contributed by atoms with E-state index in [4.69, 9.17) is 9.84 Å². The van der Waals surface area contributed by atoms with Crippen LogP contribution in [0.15, 0.2) is 48.5 Å². The van der Waals surface area contributed by atoms with Crippen LogP contribution in [-0.2, 0) is 6.42 Å². The number of methoxy groups -OCH3 is 1. The van der Waals surface area contributed by atoms with Crippen molar-refractivity contribution in [2.24, 2.45) is 0 Å². The predicted molar refractivity (Wildman–Crippen MR) is 92.5 cm³/mol. The van der Waals surface area contributed by atoms with Crippen molar-refractivity contribution in [2.45, 2.75) is 13.3 Å². The third-order valence-electron chi connectivity index (χ3n) is 4.26. The van der Waals surface area contributed by atoms with Crippen LogP contribution in [0.1, 0.15) is 11.1 Å². The molecule has 1 aliphatic rings. The van der Waals surface area contributed by atoms with Crippen molar-refractivity contribution in [2.75, 3.05) is 19.0 Å². The van der Waals surface area contributed by atoms with Crippen LogP contribution in [0.2, 0.25) is 0 Å². The Morgan fingerprint density at radius 1 is 1.13 bits per heavy atom. The third-order valence-corrected chi connectivity index (χ3v) is 4.26. The molecule has 4 nitrogen and oxygen atoms in total. The summed E-state index contributed by atoms with van der Waals surface area (Å²) in [6.45, 7) is 3.06. The van der Waals surface area contributed by atoms with E-state index in [1.165, 1.54) is 11.1 Å². The summed E-state index contributed by atoms with van der Waals surface area (Å²) in [5.41, 5.74) is 5.79. The highest BCUT2D eigenvalue weighted by Gasteiger charge is 2.23. The topological polar surface area (TPSA) is 39.1 Å². The normalized spacial score (nSPS) is 12.8. The molecule has 2 heterocycles. The SMILES string of the molecule is COc1ccc(-c2nn(-c3cccc(C)c3)c3c2CCN3)cc1.